The number of imide groups is 2. The minimum atomic E-state index is -4.63. The maximum absolute atomic E-state index is 14.7. The first kappa shape index (κ1) is 39.0. The summed E-state index contributed by atoms with van der Waals surface area (Å²) in [5, 5.41) is 10.4. The minimum absolute atomic E-state index is 0.0635. The van der Waals surface area contributed by atoms with Crippen molar-refractivity contribution in [1.82, 2.24) is 25.1 Å². The van der Waals surface area contributed by atoms with E-state index in [1.165, 1.54) is 18.2 Å². The van der Waals surface area contributed by atoms with Crippen LogP contribution in [0.15, 0.2) is 85.1 Å². The number of rotatable bonds is 10. The summed E-state index contributed by atoms with van der Waals surface area (Å²) in [6, 6.07) is 18.1. The monoisotopic (exact) mass is 812 g/mol. The molecule has 1 unspecified atom stereocenters. The van der Waals surface area contributed by atoms with Gasteiger partial charge in [-0.1, -0.05) is 6.07 Å². The Hall–Kier alpha value is -6.89. The number of hydrogen-bond acceptors (Lipinski definition) is 12. The van der Waals surface area contributed by atoms with E-state index in [1.807, 2.05) is 30.3 Å². The Bertz CT molecular complexity index is 2360. The van der Waals surface area contributed by atoms with E-state index in [2.05, 4.69) is 45.9 Å². The largest absolute Gasteiger partial charge is 0.409 e. The molecule has 3 aromatic carbocycles. The van der Waals surface area contributed by atoms with Gasteiger partial charge < -0.3 is 25.8 Å². The van der Waals surface area contributed by atoms with Gasteiger partial charge in [0.15, 0.2) is 11.6 Å². The van der Waals surface area contributed by atoms with Crippen LogP contribution in [0.3, 0.4) is 0 Å². The molecule has 1 aromatic heterocycles. The van der Waals surface area contributed by atoms with Crippen LogP contribution in [-0.2, 0) is 14.4 Å². The van der Waals surface area contributed by atoms with E-state index >= 15 is 0 Å². The van der Waals surface area contributed by atoms with Gasteiger partial charge in [0.25, 0.3) is 11.8 Å². The zero-order chi connectivity index (χ0) is 41.4. The Morgan fingerprint density at radius 3 is 2.25 bits per heavy atom. The van der Waals surface area contributed by atoms with Crippen molar-refractivity contribution in [2.45, 2.75) is 31.1 Å². The highest BCUT2D eigenvalue weighted by Gasteiger charge is 2.45. The topological polar surface area (TPSA) is 172 Å². The molecule has 4 aliphatic heterocycles. The molecule has 0 spiro atoms. The molecule has 3 saturated heterocycles. The highest BCUT2D eigenvalue weighted by molar-refractivity contribution is 6.23. The number of allylic oxidation sites excluding steroid dienone is 1. The molecule has 1 atom stereocenters. The predicted octanol–water partition coefficient (Wildman–Crippen LogP) is 4.57. The Morgan fingerprint density at radius 1 is 0.814 bits per heavy atom. The van der Waals surface area contributed by atoms with Gasteiger partial charge in [-0.25, -0.2) is 9.37 Å². The van der Waals surface area contributed by atoms with Crippen LogP contribution in [-0.4, -0.2) is 107 Å². The van der Waals surface area contributed by atoms with E-state index in [9.17, 15) is 41.5 Å². The van der Waals surface area contributed by atoms with Crippen molar-refractivity contribution in [2.75, 3.05) is 65.0 Å². The zero-order valence-electron chi connectivity index (χ0n) is 31.1. The Balaban J connectivity index is 0.813. The predicted molar refractivity (Wildman–Crippen MR) is 208 cm³/mol. The van der Waals surface area contributed by atoms with Gasteiger partial charge >= 0.3 is 6.18 Å². The van der Waals surface area contributed by atoms with Gasteiger partial charge in [0.2, 0.25) is 23.7 Å². The molecule has 5 heterocycles. The molecule has 0 aliphatic carbocycles. The number of anilines is 7. The number of alkyl halides is 3. The van der Waals surface area contributed by atoms with Gasteiger partial charge in [-0.05, 0) is 67.1 Å². The Kier molecular flexibility index (Phi) is 10.4. The number of aromatic nitrogens is 2. The molecular formula is C40H36F4N10O5. The number of nitrogens with one attached hydrogen (secondary N) is 4. The van der Waals surface area contributed by atoms with Gasteiger partial charge in [-0.3, -0.25) is 39.1 Å². The molecule has 0 saturated carbocycles. The summed E-state index contributed by atoms with van der Waals surface area (Å²) in [5.41, 5.74) is 3.54. The second kappa shape index (κ2) is 15.8. The molecule has 59 heavy (non-hydrogen) atoms. The van der Waals surface area contributed by atoms with Crippen molar-refractivity contribution in [2.24, 2.45) is 0 Å². The van der Waals surface area contributed by atoms with E-state index in [0.29, 0.717) is 23.5 Å². The van der Waals surface area contributed by atoms with Gasteiger partial charge in [0.05, 0.1) is 17.3 Å². The van der Waals surface area contributed by atoms with Crippen molar-refractivity contribution in [3.8, 4) is 0 Å². The number of hydrogen-bond donors (Lipinski definition) is 4. The van der Waals surface area contributed by atoms with Crippen molar-refractivity contribution >= 4 is 69.7 Å². The van der Waals surface area contributed by atoms with Gasteiger partial charge in [-0.2, -0.15) is 18.2 Å². The normalized spacial score (nSPS) is 18.8. The van der Waals surface area contributed by atoms with Gasteiger partial charge in [0.1, 0.15) is 6.04 Å². The third kappa shape index (κ3) is 8.54. The van der Waals surface area contributed by atoms with Crippen LogP contribution in [0.4, 0.5) is 57.8 Å². The number of benzene rings is 3. The highest BCUT2D eigenvalue weighted by atomic mass is 19.4. The van der Waals surface area contributed by atoms with Crippen molar-refractivity contribution in [3.63, 3.8) is 0 Å². The van der Waals surface area contributed by atoms with Crippen LogP contribution in [0.25, 0.3) is 0 Å². The van der Waals surface area contributed by atoms with Gasteiger partial charge in [0, 0.05) is 92.3 Å². The molecule has 19 heteroatoms. The first-order valence-electron chi connectivity index (χ1n) is 18.7. The third-order valence-electron chi connectivity index (χ3n) is 10.5. The fourth-order valence-corrected chi connectivity index (χ4v) is 7.46. The summed E-state index contributed by atoms with van der Waals surface area (Å²) in [7, 11) is 0. The number of piperazine rings is 1. The summed E-state index contributed by atoms with van der Waals surface area (Å²) in [5.74, 6) is -3.89. The SMILES string of the molecule is O=C(/C=C/C(F)(F)F)Nc1cccc(Nc2nc(Nc3ccc(N4CCN(C5CN(c6ccc7c(c6)C(=O)N(C6CCC(=O)NC6=O)C7=O)C5)CC4)cc3)ncc2F)c1. The lowest BCUT2D eigenvalue weighted by Gasteiger charge is -2.49. The fraction of sp³-hybridized carbons (Fsp3) is 0.275. The van der Waals surface area contributed by atoms with Crippen LogP contribution in [0.5, 0.6) is 0 Å². The first-order valence-corrected chi connectivity index (χ1v) is 18.7. The molecule has 0 radical (unpaired) electrons. The van der Waals surface area contributed by atoms with Crippen molar-refractivity contribution in [3.05, 3.63) is 102 Å². The van der Waals surface area contributed by atoms with E-state index in [-0.39, 0.29) is 47.5 Å². The highest BCUT2D eigenvalue weighted by Crippen LogP contribution is 2.33. The molecular weight excluding hydrogens is 776 g/mol. The standard InChI is InChI=1S/C40H36F4N10O5/c41-31-20-45-39(50-35(31)47-25-3-1-2-24(18-25)46-34(56)12-13-40(42,43)44)48-23-4-6-26(7-5-23)51-14-16-52(17-15-51)28-21-53(22-28)27-8-9-29-30(19-27)38(59)54(37(29)58)32-10-11-33(55)49-36(32)57/h1-9,12-13,18-20,28,32H,10-11,14-17,21-22H2,(H,46,56)(H,49,55,57)(H2,45,47,48,50)/b13-12+. The number of piperidine rings is 1. The van der Waals surface area contributed by atoms with E-state index < -0.39 is 47.6 Å². The molecule has 3 fully saturated rings. The van der Waals surface area contributed by atoms with Crippen molar-refractivity contribution in [1.29, 1.82) is 0 Å². The number of halogens is 4. The molecule has 5 amide bonds. The second-order valence-corrected chi connectivity index (χ2v) is 14.4. The summed E-state index contributed by atoms with van der Waals surface area (Å²) < 4.78 is 51.8. The lowest BCUT2D eigenvalue weighted by molar-refractivity contribution is -0.136. The number of carbonyl (C=O) groups excluding carboxylic acids is 5. The van der Waals surface area contributed by atoms with Gasteiger partial charge in [-0.15, -0.1) is 0 Å². The summed E-state index contributed by atoms with van der Waals surface area (Å²) in [6.07, 6.45) is -3.26. The average molecular weight is 813 g/mol. The maximum Gasteiger partial charge on any atom is 0.409 e. The van der Waals surface area contributed by atoms with E-state index in [0.717, 1.165) is 61.7 Å². The fourth-order valence-electron chi connectivity index (χ4n) is 7.46. The van der Waals surface area contributed by atoms with Crippen LogP contribution in [0, 0.1) is 5.82 Å². The number of amides is 5. The van der Waals surface area contributed by atoms with Crippen LogP contribution in [0.2, 0.25) is 0 Å². The van der Waals surface area contributed by atoms with Crippen LogP contribution in [0.1, 0.15) is 33.6 Å². The Labute approximate surface area is 334 Å². The Morgan fingerprint density at radius 2 is 1.53 bits per heavy atom. The molecule has 4 aliphatic rings. The van der Waals surface area contributed by atoms with Crippen molar-refractivity contribution < 1.29 is 41.5 Å². The van der Waals surface area contributed by atoms with E-state index in [1.54, 1.807) is 18.2 Å². The summed E-state index contributed by atoms with van der Waals surface area (Å²) >= 11 is 0. The lowest BCUT2D eigenvalue weighted by atomic mass is 10.0. The number of fused-ring (bicyclic) bond motifs is 1. The summed E-state index contributed by atoms with van der Waals surface area (Å²) in [6.45, 7) is 4.83. The molecule has 8 rings (SSSR count). The molecule has 4 aromatic rings. The number of carbonyl (C=O) groups is 5. The maximum atomic E-state index is 14.7. The molecule has 4 N–H and O–H groups in total. The van der Waals surface area contributed by atoms with E-state index in [4.69, 9.17) is 0 Å². The van der Waals surface area contributed by atoms with Crippen LogP contribution < -0.4 is 31.1 Å². The smallest absolute Gasteiger partial charge is 0.369 e. The second-order valence-electron chi connectivity index (χ2n) is 14.4. The molecule has 15 nitrogen and oxygen atoms in total. The molecule has 0 bridgehead atoms. The number of nitrogens with zero attached hydrogens (tertiary/aromatic N) is 6. The van der Waals surface area contributed by atoms with Crippen LogP contribution >= 0.6 is 0 Å². The quantitative estimate of drug-likeness (QED) is 0.100. The average Bonchev–Trinajstić information content (AvgIpc) is 3.43. The third-order valence-corrected chi connectivity index (χ3v) is 10.5. The minimum Gasteiger partial charge on any atom is -0.369 e. The first-order chi connectivity index (χ1) is 28.3. The zero-order valence-corrected chi connectivity index (χ0v) is 31.1. The molecule has 304 valence electrons. The summed E-state index contributed by atoms with van der Waals surface area (Å²) in [4.78, 5) is 78.3. The lowest BCUT2D eigenvalue weighted by Crippen LogP contribution is -2.63.